The predicted molar refractivity (Wildman–Crippen MR) is 107 cm³/mol. The number of anilines is 1. The van der Waals surface area contributed by atoms with Crippen LogP contribution in [0, 0.1) is 5.92 Å². The van der Waals surface area contributed by atoms with Crippen LogP contribution in [0.2, 0.25) is 0 Å². The fourth-order valence-corrected chi connectivity index (χ4v) is 4.17. The second-order valence-electron chi connectivity index (χ2n) is 7.11. The first-order chi connectivity index (χ1) is 13.1. The average molecular weight is 361 g/mol. The maximum absolute atomic E-state index is 11.7. The third-order valence-electron chi connectivity index (χ3n) is 5.67. The highest BCUT2D eigenvalue weighted by atomic mass is 16.5. The van der Waals surface area contributed by atoms with E-state index in [2.05, 4.69) is 34.7 Å². The number of hydrogen-bond acceptors (Lipinski definition) is 5. The number of nitrogens with zero attached hydrogens (tertiary/aromatic N) is 1. The normalized spacial score (nSPS) is 23.3. The fraction of sp³-hybridized carbons (Fsp3) is 0.273. The lowest BCUT2D eigenvalue weighted by Gasteiger charge is -2.37. The van der Waals surface area contributed by atoms with Crippen molar-refractivity contribution in [2.75, 3.05) is 12.4 Å². The van der Waals surface area contributed by atoms with Crippen LogP contribution in [0.4, 0.5) is 5.69 Å². The Balaban J connectivity index is 1.69. The Labute approximate surface area is 158 Å². The predicted octanol–water partition coefficient (Wildman–Crippen LogP) is 3.98. The van der Waals surface area contributed by atoms with Gasteiger partial charge in [-0.25, -0.2) is 4.79 Å². The van der Waals surface area contributed by atoms with Crippen molar-refractivity contribution in [2.45, 2.75) is 25.3 Å². The second kappa shape index (κ2) is 6.91. The number of rotatable bonds is 3. The van der Waals surface area contributed by atoms with E-state index in [4.69, 9.17) is 10.6 Å². The zero-order chi connectivity index (χ0) is 19.0. The monoisotopic (exact) mass is 361 g/mol. The number of hydrazone groups is 1. The summed E-state index contributed by atoms with van der Waals surface area (Å²) in [7, 11) is 1.40. The number of nitrogens with two attached hydrogens (primary N) is 1. The van der Waals surface area contributed by atoms with Gasteiger partial charge in [0.05, 0.1) is 24.4 Å². The van der Waals surface area contributed by atoms with Crippen LogP contribution in [0.3, 0.4) is 0 Å². The van der Waals surface area contributed by atoms with E-state index >= 15 is 0 Å². The molecule has 2 aromatic rings. The van der Waals surface area contributed by atoms with Gasteiger partial charge < -0.3 is 15.9 Å². The van der Waals surface area contributed by atoms with Crippen LogP contribution in [-0.2, 0) is 4.74 Å². The van der Waals surface area contributed by atoms with Gasteiger partial charge >= 0.3 is 5.97 Å². The molecule has 0 fully saturated rings. The van der Waals surface area contributed by atoms with E-state index in [9.17, 15) is 4.79 Å². The number of allylic oxidation sites excluding steroid dienone is 2. The van der Waals surface area contributed by atoms with Crippen molar-refractivity contribution in [2.24, 2.45) is 16.9 Å². The quantitative estimate of drug-likeness (QED) is 0.285. The number of methoxy groups -OCH3 is 1. The molecule has 5 heteroatoms. The summed E-state index contributed by atoms with van der Waals surface area (Å²) in [6.45, 7) is 1.92. The molecule has 1 aliphatic heterocycles. The number of hydrogen-bond donors (Lipinski definition) is 2. The van der Waals surface area contributed by atoms with Gasteiger partial charge in [0.15, 0.2) is 0 Å². The first kappa shape index (κ1) is 17.3. The molecule has 0 aromatic heterocycles. The molecule has 0 bridgehead atoms. The molecule has 3 atom stereocenters. The lowest BCUT2D eigenvalue weighted by Crippen LogP contribution is -2.29. The molecule has 0 radical (unpaired) electrons. The summed E-state index contributed by atoms with van der Waals surface area (Å²) in [5, 5.41) is 7.53. The molecule has 138 valence electrons. The summed E-state index contributed by atoms with van der Waals surface area (Å²) >= 11 is 0. The Bertz CT molecular complexity index is 931. The summed E-state index contributed by atoms with van der Waals surface area (Å²) in [6, 6.07) is 14.2. The van der Waals surface area contributed by atoms with Crippen LogP contribution in [0.25, 0.3) is 0 Å². The minimum atomic E-state index is -0.312. The second-order valence-corrected chi connectivity index (χ2v) is 7.11. The Morgan fingerprint density at radius 3 is 2.63 bits per heavy atom. The van der Waals surface area contributed by atoms with Crippen LogP contribution >= 0.6 is 0 Å². The van der Waals surface area contributed by atoms with Gasteiger partial charge in [-0.05, 0) is 60.2 Å². The third-order valence-corrected chi connectivity index (χ3v) is 5.67. The van der Waals surface area contributed by atoms with Crippen molar-refractivity contribution < 1.29 is 9.53 Å². The molecule has 1 heterocycles. The van der Waals surface area contributed by atoms with Gasteiger partial charge in [0, 0.05) is 11.6 Å². The number of carbonyl (C=O) groups excluding carboxylic acids is 1. The fourth-order valence-electron chi connectivity index (χ4n) is 4.17. The van der Waals surface area contributed by atoms with E-state index in [0.717, 1.165) is 23.4 Å². The number of esters is 1. The molecule has 1 aliphatic carbocycles. The highest BCUT2D eigenvalue weighted by Gasteiger charge is 2.38. The van der Waals surface area contributed by atoms with Crippen LogP contribution in [0.1, 0.15) is 52.4 Å². The van der Waals surface area contributed by atoms with E-state index in [0.29, 0.717) is 17.4 Å². The summed E-state index contributed by atoms with van der Waals surface area (Å²) in [4.78, 5) is 11.7. The largest absolute Gasteiger partial charge is 0.465 e. The summed E-state index contributed by atoms with van der Waals surface area (Å²) in [5.41, 5.74) is 6.06. The molecule has 0 saturated carbocycles. The SMILES string of the molecule is COC(=O)c1ccc(C2Nc3ccc(C(C)=NN)cc3C3C=CCC32)cc1. The third kappa shape index (κ3) is 2.99. The molecule has 2 aromatic carbocycles. The van der Waals surface area contributed by atoms with Crippen LogP contribution in [0.5, 0.6) is 0 Å². The van der Waals surface area contributed by atoms with Crippen molar-refractivity contribution in [3.63, 3.8) is 0 Å². The van der Waals surface area contributed by atoms with Gasteiger partial charge in [-0.3, -0.25) is 0 Å². The number of nitrogens with one attached hydrogen (secondary N) is 1. The van der Waals surface area contributed by atoms with Crippen molar-refractivity contribution in [3.8, 4) is 0 Å². The van der Waals surface area contributed by atoms with Crippen LogP contribution < -0.4 is 11.2 Å². The van der Waals surface area contributed by atoms with Gasteiger partial charge in [0.25, 0.3) is 0 Å². The summed E-state index contributed by atoms with van der Waals surface area (Å²) < 4.78 is 4.79. The number of carbonyl (C=O) groups is 1. The Morgan fingerprint density at radius 2 is 1.93 bits per heavy atom. The molecule has 3 N–H and O–H groups in total. The topological polar surface area (TPSA) is 76.7 Å². The van der Waals surface area contributed by atoms with Crippen molar-refractivity contribution in [1.82, 2.24) is 0 Å². The van der Waals surface area contributed by atoms with Crippen molar-refractivity contribution in [3.05, 3.63) is 76.9 Å². The molecule has 0 amide bonds. The number of benzene rings is 2. The molecule has 27 heavy (non-hydrogen) atoms. The number of ether oxygens (including phenoxy) is 1. The maximum atomic E-state index is 11.7. The highest BCUT2D eigenvalue weighted by Crippen LogP contribution is 2.49. The van der Waals surface area contributed by atoms with E-state index in [1.54, 1.807) is 0 Å². The van der Waals surface area contributed by atoms with Gasteiger partial charge in [-0.2, -0.15) is 5.10 Å². The van der Waals surface area contributed by atoms with Gasteiger partial charge in [0.2, 0.25) is 0 Å². The molecule has 0 spiro atoms. The first-order valence-electron chi connectivity index (χ1n) is 9.12. The maximum Gasteiger partial charge on any atom is 0.337 e. The minimum Gasteiger partial charge on any atom is -0.465 e. The molecule has 0 saturated heterocycles. The van der Waals surface area contributed by atoms with Crippen LogP contribution in [0.15, 0.2) is 59.7 Å². The van der Waals surface area contributed by atoms with Gasteiger partial charge in [-0.1, -0.05) is 30.4 Å². The van der Waals surface area contributed by atoms with E-state index < -0.39 is 0 Å². The smallest absolute Gasteiger partial charge is 0.337 e. The van der Waals surface area contributed by atoms with E-state index in [1.807, 2.05) is 37.3 Å². The summed E-state index contributed by atoms with van der Waals surface area (Å²) in [6.07, 6.45) is 5.59. The standard InChI is InChI=1S/C22H23N3O2/c1-13(25-23)16-10-11-20-19(12-16)17-4-3-5-18(17)21(24-20)14-6-8-15(9-7-14)22(26)27-2/h3-4,6-12,17-18,21,24H,5,23H2,1-2H3. The zero-order valence-corrected chi connectivity index (χ0v) is 15.5. The van der Waals surface area contributed by atoms with Gasteiger partial charge in [-0.15, -0.1) is 0 Å². The Kier molecular flexibility index (Phi) is 4.44. The Morgan fingerprint density at radius 1 is 1.19 bits per heavy atom. The first-order valence-corrected chi connectivity index (χ1v) is 9.12. The zero-order valence-electron chi connectivity index (χ0n) is 15.5. The van der Waals surface area contributed by atoms with E-state index in [-0.39, 0.29) is 12.0 Å². The number of fused-ring (bicyclic) bond motifs is 3. The van der Waals surface area contributed by atoms with Crippen LogP contribution in [-0.4, -0.2) is 18.8 Å². The molecule has 2 aliphatic rings. The molecular weight excluding hydrogens is 338 g/mol. The lowest BCUT2D eigenvalue weighted by molar-refractivity contribution is 0.0600. The van der Waals surface area contributed by atoms with Crippen molar-refractivity contribution in [1.29, 1.82) is 0 Å². The average Bonchev–Trinajstić information content (AvgIpc) is 3.22. The summed E-state index contributed by atoms with van der Waals surface area (Å²) in [5.74, 6) is 5.94. The minimum absolute atomic E-state index is 0.194. The molecule has 4 rings (SSSR count). The highest BCUT2D eigenvalue weighted by molar-refractivity contribution is 5.99. The van der Waals surface area contributed by atoms with Gasteiger partial charge in [0.1, 0.15) is 0 Å². The van der Waals surface area contributed by atoms with Crippen molar-refractivity contribution >= 4 is 17.4 Å². The molecule has 3 unspecified atom stereocenters. The Hall–Kier alpha value is -3.08. The van der Waals surface area contributed by atoms with E-state index in [1.165, 1.54) is 18.2 Å². The molecule has 5 nitrogen and oxygen atoms in total. The molecular formula is C22H23N3O2. The lowest BCUT2D eigenvalue weighted by atomic mass is 9.76.